The number of rotatable bonds is 4. The molecule has 6 heteroatoms. The third-order valence-corrected chi connectivity index (χ3v) is 6.72. The van der Waals surface area contributed by atoms with Crippen LogP contribution in [0, 0.1) is 5.92 Å². The molecule has 2 N–H and O–H groups in total. The van der Waals surface area contributed by atoms with Gasteiger partial charge in [0.25, 0.3) is 0 Å². The molecule has 0 spiro atoms. The Labute approximate surface area is 118 Å². The van der Waals surface area contributed by atoms with Crippen molar-refractivity contribution in [1.29, 1.82) is 0 Å². The van der Waals surface area contributed by atoms with Crippen LogP contribution < -0.4 is 4.72 Å². The Balaban J connectivity index is 2.04. The molecule has 2 rings (SSSR count). The van der Waals surface area contributed by atoms with Crippen molar-refractivity contribution in [2.75, 3.05) is 0 Å². The van der Waals surface area contributed by atoms with Gasteiger partial charge in [0.1, 0.15) is 4.21 Å². The van der Waals surface area contributed by atoms with E-state index in [1.165, 1.54) is 6.42 Å². The summed E-state index contributed by atoms with van der Waals surface area (Å²) >= 11 is 1.13. The molecule has 0 aromatic carbocycles. The standard InChI is InChI=1S/C13H21NO3S2/c1-10-3-2-4-11(6-5-10)14-19(16,17)13-8-7-12(9-15)18-13/h7-8,10-11,14-15H,2-6,9H2,1H3. The minimum Gasteiger partial charge on any atom is -0.391 e. The molecular weight excluding hydrogens is 282 g/mol. The Hall–Kier alpha value is -0.430. The molecule has 2 atom stereocenters. The first-order valence-electron chi connectivity index (χ1n) is 6.73. The molecule has 0 radical (unpaired) electrons. The van der Waals surface area contributed by atoms with E-state index in [0.717, 1.165) is 37.0 Å². The molecule has 2 unspecified atom stereocenters. The topological polar surface area (TPSA) is 66.4 Å². The van der Waals surface area contributed by atoms with Crippen LogP contribution in [0.15, 0.2) is 16.3 Å². The fourth-order valence-electron chi connectivity index (χ4n) is 2.47. The van der Waals surface area contributed by atoms with Gasteiger partial charge in [-0.05, 0) is 37.3 Å². The van der Waals surface area contributed by atoms with Crippen LogP contribution in [0.5, 0.6) is 0 Å². The summed E-state index contributed by atoms with van der Waals surface area (Å²) in [6.45, 7) is 2.12. The number of hydrogen-bond donors (Lipinski definition) is 2. The molecular formula is C13H21NO3S2. The van der Waals surface area contributed by atoms with Crippen LogP contribution in [-0.4, -0.2) is 19.6 Å². The van der Waals surface area contributed by atoms with Crippen LogP contribution in [0.3, 0.4) is 0 Å². The van der Waals surface area contributed by atoms with Gasteiger partial charge in [-0.2, -0.15) is 0 Å². The second kappa shape index (κ2) is 6.35. The summed E-state index contributed by atoms with van der Waals surface area (Å²) in [5.41, 5.74) is 0. The second-order valence-electron chi connectivity index (χ2n) is 5.31. The lowest BCUT2D eigenvalue weighted by Crippen LogP contribution is -2.34. The highest BCUT2D eigenvalue weighted by atomic mass is 32.2. The van der Waals surface area contributed by atoms with Crippen LogP contribution in [0.1, 0.15) is 43.9 Å². The van der Waals surface area contributed by atoms with Gasteiger partial charge in [-0.3, -0.25) is 0 Å². The van der Waals surface area contributed by atoms with Crippen LogP contribution in [0.2, 0.25) is 0 Å². The summed E-state index contributed by atoms with van der Waals surface area (Å²) in [7, 11) is -3.43. The van der Waals surface area contributed by atoms with Crippen molar-refractivity contribution in [2.45, 2.75) is 55.9 Å². The van der Waals surface area contributed by atoms with Gasteiger partial charge in [-0.15, -0.1) is 11.3 Å². The van der Waals surface area contributed by atoms with Crippen molar-refractivity contribution in [3.05, 3.63) is 17.0 Å². The summed E-state index contributed by atoms with van der Waals surface area (Å²) in [5, 5.41) is 9.00. The molecule has 108 valence electrons. The van der Waals surface area contributed by atoms with E-state index in [0.29, 0.717) is 15.0 Å². The van der Waals surface area contributed by atoms with E-state index < -0.39 is 10.0 Å². The third-order valence-electron chi connectivity index (χ3n) is 3.64. The van der Waals surface area contributed by atoms with Crippen LogP contribution in [0.25, 0.3) is 0 Å². The lowest BCUT2D eigenvalue weighted by molar-refractivity contribution is 0.285. The lowest BCUT2D eigenvalue weighted by Gasteiger charge is -2.15. The minimum atomic E-state index is -3.43. The van der Waals surface area contributed by atoms with Crippen molar-refractivity contribution in [2.24, 2.45) is 5.92 Å². The highest BCUT2D eigenvalue weighted by Crippen LogP contribution is 2.26. The zero-order valence-corrected chi connectivity index (χ0v) is 12.8. The van der Waals surface area contributed by atoms with Crippen molar-refractivity contribution in [1.82, 2.24) is 4.72 Å². The maximum absolute atomic E-state index is 12.2. The molecule has 0 aliphatic heterocycles. The molecule has 1 fully saturated rings. The Bertz CT molecular complexity index is 510. The van der Waals surface area contributed by atoms with Crippen molar-refractivity contribution in [3.8, 4) is 0 Å². The van der Waals surface area contributed by atoms with E-state index in [2.05, 4.69) is 11.6 Å². The Morgan fingerprint density at radius 2 is 2.11 bits per heavy atom. The van der Waals surface area contributed by atoms with Gasteiger partial charge in [-0.25, -0.2) is 13.1 Å². The molecule has 1 saturated carbocycles. The van der Waals surface area contributed by atoms with Crippen LogP contribution in [0.4, 0.5) is 0 Å². The van der Waals surface area contributed by atoms with Gasteiger partial charge in [0, 0.05) is 10.9 Å². The van der Waals surface area contributed by atoms with E-state index >= 15 is 0 Å². The summed E-state index contributed by atoms with van der Waals surface area (Å²) in [4.78, 5) is 0.676. The molecule has 1 aromatic heterocycles. The van der Waals surface area contributed by atoms with Gasteiger partial charge < -0.3 is 5.11 Å². The number of hydrogen-bond acceptors (Lipinski definition) is 4. The van der Waals surface area contributed by atoms with E-state index in [9.17, 15) is 8.42 Å². The number of aliphatic hydroxyl groups is 1. The average molecular weight is 303 g/mol. The van der Waals surface area contributed by atoms with E-state index in [1.54, 1.807) is 12.1 Å². The SMILES string of the molecule is CC1CCCC(NS(=O)(=O)c2ccc(CO)s2)CC1. The monoisotopic (exact) mass is 303 g/mol. The fraction of sp³-hybridized carbons (Fsp3) is 0.692. The first-order valence-corrected chi connectivity index (χ1v) is 9.03. The Morgan fingerprint density at radius 1 is 1.32 bits per heavy atom. The van der Waals surface area contributed by atoms with E-state index in [4.69, 9.17) is 5.11 Å². The molecule has 4 nitrogen and oxygen atoms in total. The molecule has 1 heterocycles. The van der Waals surface area contributed by atoms with Crippen molar-refractivity contribution >= 4 is 21.4 Å². The predicted octanol–water partition coefficient (Wildman–Crippen LogP) is 2.49. The second-order valence-corrected chi connectivity index (χ2v) is 8.42. The van der Waals surface area contributed by atoms with Gasteiger partial charge in [0.05, 0.1) is 6.61 Å². The smallest absolute Gasteiger partial charge is 0.250 e. The quantitative estimate of drug-likeness (QED) is 0.840. The molecule has 0 saturated heterocycles. The zero-order valence-electron chi connectivity index (χ0n) is 11.1. The number of nitrogens with one attached hydrogen (secondary N) is 1. The number of thiophene rings is 1. The van der Waals surface area contributed by atoms with Gasteiger partial charge in [0.15, 0.2) is 0 Å². The molecule has 1 aliphatic carbocycles. The molecule has 1 aromatic rings. The summed E-state index contributed by atoms with van der Waals surface area (Å²) in [5.74, 6) is 0.692. The first kappa shape index (κ1) is 15.0. The van der Waals surface area contributed by atoms with Gasteiger partial charge in [0.2, 0.25) is 10.0 Å². The molecule has 0 bridgehead atoms. The van der Waals surface area contributed by atoms with Crippen LogP contribution >= 0.6 is 11.3 Å². The molecule has 1 aliphatic rings. The normalized spacial score (nSPS) is 25.2. The zero-order chi connectivity index (χ0) is 13.9. The minimum absolute atomic E-state index is 0.0506. The largest absolute Gasteiger partial charge is 0.391 e. The summed E-state index contributed by atoms with van der Waals surface area (Å²) in [6, 6.07) is 3.28. The van der Waals surface area contributed by atoms with E-state index in [1.807, 2.05) is 0 Å². The van der Waals surface area contributed by atoms with E-state index in [-0.39, 0.29) is 12.6 Å². The van der Waals surface area contributed by atoms with Crippen LogP contribution in [-0.2, 0) is 16.6 Å². The number of sulfonamides is 1. The van der Waals surface area contributed by atoms with Gasteiger partial charge in [-0.1, -0.05) is 19.8 Å². The maximum atomic E-state index is 12.2. The maximum Gasteiger partial charge on any atom is 0.250 e. The first-order chi connectivity index (χ1) is 9.01. The highest BCUT2D eigenvalue weighted by molar-refractivity contribution is 7.91. The van der Waals surface area contributed by atoms with Crippen molar-refractivity contribution in [3.63, 3.8) is 0 Å². The predicted molar refractivity (Wildman–Crippen MR) is 76.6 cm³/mol. The molecule has 0 amide bonds. The highest BCUT2D eigenvalue weighted by Gasteiger charge is 2.23. The van der Waals surface area contributed by atoms with Gasteiger partial charge >= 0.3 is 0 Å². The number of aliphatic hydroxyl groups excluding tert-OH is 1. The fourth-order valence-corrected chi connectivity index (χ4v) is 5.01. The summed E-state index contributed by atoms with van der Waals surface area (Å²) in [6.07, 6.45) is 5.19. The summed E-state index contributed by atoms with van der Waals surface area (Å²) < 4.78 is 27.6. The Morgan fingerprint density at radius 3 is 2.79 bits per heavy atom. The average Bonchev–Trinajstić information content (AvgIpc) is 2.77. The molecule has 19 heavy (non-hydrogen) atoms. The van der Waals surface area contributed by atoms with Crippen molar-refractivity contribution < 1.29 is 13.5 Å². The lowest BCUT2D eigenvalue weighted by atomic mass is 10.0. The third kappa shape index (κ3) is 4.02. The Kier molecular flexibility index (Phi) is 5.00.